The average Bonchev–Trinajstić information content (AvgIpc) is 3.05. The normalized spacial score (nSPS) is 12.9. The molecule has 0 saturated heterocycles. The van der Waals surface area contributed by atoms with Crippen molar-refractivity contribution in [2.45, 2.75) is 12.6 Å². The highest BCUT2D eigenvalue weighted by Crippen LogP contribution is 2.29. The van der Waals surface area contributed by atoms with Crippen molar-refractivity contribution in [1.82, 2.24) is 4.57 Å². The van der Waals surface area contributed by atoms with Gasteiger partial charge in [0, 0.05) is 21.8 Å². The molecule has 1 N–H and O–H groups in total. The molecule has 0 unspecified atom stereocenters. The summed E-state index contributed by atoms with van der Waals surface area (Å²) in [5.41, 5.74) is 2.50. The highest BCUT2D eigenvalue weighted by atomic mass is 32.2. The molecule has 4 rings (SSSR count). The van der Waals surface area contributed by atoms with E-state index >= 15 is 0 Å². The number of benzene rings is 3. The molecule has 0 radical (unpaired) electrons. The predicted molar refractivity (Wildman–Crippen MR) is 121 cm³/mol. The van der Waals surface area contributed by atoms with Crippen molar-refractivity contribution >= 4 is 37.5 Å². The molecule has 0 saturated carbocycles. The zero-order valence-corrected chi connectivity index (χ0v) is 17.7. The molecule has 3 aromatic carbocycles. The number of aliphatic hydroxyl groups is 1. The first-order valence-electron chi connectivity index (χ1n) is 9.64. The third-order valence-corrected chi connectivity index (χ3v) is 6.37. The van der Waals surface area contributed by atoms with Crippen molar-refractivity contribution in [3.8, 4) is 5.75 Å². The fourth-order valence-corrected chi connectivity index (χ4v) is 4.79. The molecule has 156 valence electrons. The maximum atomic E-state index is 12.4. The molecular weight excluding hydrogens is 400 g/mol. The van der Waals surface area contributed by atoms with Gasteiger partial charge in [-0.25, -0.2) is 8.42 Å². The SMILES string of the molecule is COc1ccc(N(C[C@H](O)Cn2c3ccccc3c3ccccc32)S(C)(=O)=O)cc1. The van der Waals surface area contributed by atoms with Crippen LogP contribution in [-0.4, -0.2) is 44.1 Å². The van der Waals surface area contributed by atoms with E-state index in [1.807, 2.05) is 41.0 Å². The second-order valence-electron chi connectivity index (χ2n) is 7.29. The molecule has 30 heavy (non-hydrogen) atoms. The summed E-state index contributed by atoms with van der Waals surface area (Å²) in [5.74, 6) is 0.637. The van der Waals surface area contributed by atoms with Gasteiger partial charge in [0.25, 0.3) is 0 Å². The highest BCUT2D eigenvalue weighted by molar-refractivity contribution is 7.92. The summed E-state index contributed by atoms with van der Waals surface area (Å²) in [6.07, 6.45) is 0.241. The van der Waals surface area contributed by atoms with E-state index in [2.05, 4.69) is 12.1 Å². The fraction of sp³-hybridized carbons (Fsp3) is 0.217. The molecule has 7 heteroatoms. The zero-order valence-electron chi connectivity index (χ0n) is 16.9. The molecule has 0 aliphatic rings. The third-order valence-electron chi connectivity index (χ3n) is 5.21. The van der Waals surface area contributed by atoms with Gasteiger partial charge in [0.1, 0.15) is 5.75 Å². The van der Waals surface area contributed by atoms with Crippen LogP contribution in [0.2, 0.25) is 0 Å². The summed E-state index contributed by atoms with van der Waals surface area (Å²) in [4.78, 5) is 0. The van der Waals surface area contributed by atoms with Crippen LogP contribution in [0.1, 0.15) is 0 Å². The van der Waals surface area contributed by atoms with Gasteiger partial charge in [-0.2, -0.15) is 0 Å². The molecule has 4 aromatic rings. The molecule has 0 fully saturated rings. The van der Waals surface area contributed by atoms with Crippen molar-refractivity contribution in [2.24, 2.45) is 0 Å². The fourth-order valence-electron chi connectivity index (χ4n) is 3.84. The Labute approximate surface area is 176 Å². The van der Waals surface area contributed by atoms with Crippen LogP contribution in [0.4, 0.5) is 5.69 Å². The van der Waals surface area contributed by atoms with E-state index in [1.165, 1.54) is 4.31 Å². The van der Waals surface area contributed by atoms with Gasteiger partial charge in [-0.3, -0.25) is 4.31 Å². The summed E-state index contributed by atoms with van der Waals surface area (Å²) in [5, 5.41) is 13.1. The molecular formula is C23H24N2O4S. The average molecular weight is 425 g/mol. The summed E-state index contributed by atoms with van der Waals surface area (Å²) < 4.78 is 33.3. The van der Waals surface area contributed by atoms with Crippen LogP contribution < -0.4 is 9.04 Å². The van der Waals surface area contributed by atoms with E-state index in [4.69, 9.17) is 4.74 Å². The van der Waals surface area contributed by atoms with Crippen LogP contribution in [-0.2, 0) is 16.6 Å². The van der Waals surface area contributed by atoms with Gasteiger partial charge in [0.05, 0.1) is 38.2 Å². The lowest BCUT2D eigenvalue weighted by Gasteiger charge is -2.26. The minimum Gasteiger partial charge on any atom is -0.497 e. The van der Waals surface area contributed by atoms with Crippen molar-refractivity contribution < 1.29 is 18.3 Å². The molecule has 6 nitrogen and oxygen atoms in total. The molecule has 0 aliphatic heterocycles. The van der Waals surface area contributed by atoms with Gasteiger partial charge in [-0.1, -0.05) is 36.4 Å². The van der Waals surface area contributed by atoms with E-state index in [1.54, 1.807) is 31.4 Å². The Balaban J connectivity index is 1.66. The van der Waals surface area contributed by atoms with Gasteiger partial charge in [0.15, 0.2) is 0 Å². The minimum absolute atomic E-state index is 0.0496. The quantitative estimate of drug-likeness (QED) is 0.492. The van der Waals surface area contributed by atoms with Crippen LogP contribution in [0.3, 0.4) is 0 Å². The molecule has 1 heterocycles. The van der Waals surface area contributed by atoms with Crippen molar-refractivity contribution in [2.75, 3.05) is 24.2 Å². The van der Waals surface area contributed by atoms with E-state index in [-0.39, 0.29) is 13.1 Å². The number of rotatable bonds is 7. The first-order chi connectivity index (χ1) is 14.4. The Kier molecular flexibility index (Phi) is 5.40. The van der Waals surface area contributed by atoms with E-state index in [9.17, 15) is 13.5 Å². The number of fused-ring (bicyclic) bond motifs is 3. The smallest absolute Gasteiger partial charge is 0.232 e. The molecule has 1 atom stereocenters. The van der Waals surface area contributed by atoms with Crippen LogP contribution >= 0.6 is 0 Å². The highest BCUT2D eigenvalue weighted by Gasteiger charge is 2.22. The number of ether oxygens (including phenoxy) is 1. The zero-order chi connectivity index (χ0) is 21.3. The topological polar surface area (TPSA) is 71.8 Å². The van der Waals surface area contributed by atoms with Crippen molar-refractivity contribution in [1.29, 1.82) is 0 Å². The third kappa shape index (κ3) is 3.86. The first kappa shape index (κ1) is 20.3. The van der Waals surface area contributed by atoms with Crippen molar-refractivity contribution in [3.63, 3.8) is 0 Å². The van der Waals surface area contributed by atoms with Gasteiger partial charge >= 0.3 is 0 Å². The maximum absolute atomic E-state index is 12.4. The first-order valence-corrected chi connectivity index (χ1v) is 11.5. The largest absolute Gasteiger partial charge is 0.497 e. The van der Waals surface area contributed by atoms with Crippen LogP contribution in [0.5, 0.6) is 5.75 Å². The molecule has 1 aromatic heterocycles. The summed E-state index contributed by atoms with van der Waals surface area (Å²) >= 11 is 0. The van der Waals surface area contributed by atoms with Gasteiger partial charge in [-0.15, -0.1) is 0 Å². The number of para-hydroxylation sites is 2. The molecule has 0 spiro atoms. The molecule has 0 amide bonds. The molecule has 0 aliphatic carbocycles. The van der Waals surface area contributed by atoms with Crippen LogP contribution in [0.15, 0.2) is 72.8 Å². The van der Waals surface area contributed by atoms with Gasteiger partial charge in [0.2, 0.25) is 10.0 Å². The van der Waals surface area contributed by atoms with E-state index in [0.29, 0.717) is 11.4 Å². The van der Waals surface area contributed by atoms with E-state index in [0.717, 1.165) is 28.1 Å². The van der Waals surface area contributed by atoms with Crippen molar-refractivity contribution in [3.05, 3.63) is 72.8 Å². The Hall–Kier alpha value is -3.03. The van der Waals surface area contributed by atoms with Crippen LogP contribution in [0.25, 0.3) is 21.8 Å². The Morgan fingerprint density at radius 1 is 0.933 bits per heavy atom. The Bertz CT molecular complexity index is 1230. The molecule has 0 bridgehead atoms. The second-order valence-corrected chi connectivity index (χ2v) is 9.20. The second kappa shape index (κ2) is 8.01. The maximum Gasteiger partial charge on any atom is 0.232 e. The summed E-state index contributed by atoms with van der Waals surface area (Å²) in [6, 6.07) is 22.8. The van der Waals surface area contributed by atoms with Crippen LogP contribution in [0, 0.1) is 0 Å². The monoisotopic (exact) mass is 424 g/mol. The Morgan fingerprint density at radius 3 is 1.97 bits per heavy atom. The van der Waals surface area contributed by atoms with E-state index < -0.39 is 16.1 Å². The summed E-state index contributed by atoms with van der Waals surface area (Å²) in [6.45, 7) is 0.224. The number of nitrogens with zero attached hydrogens (tertiary/aromatic N) is 2. The standard InChI is InChI=1S/C23H24N2O4S/c1-29-19-13-11-17(12-14-19)25(30(2,27)28)16-18(26)15-24-22-9-5-3-7-20(22)21-8-4-6-10-23(21)24/h3-14,18,26H,15-16H2,1-2H3/t18-/m1/s1. The number of sulfonamides is 1. The van der Waals surface area contributed by atoms with Gasteiger partial charge in [-0.05, 0) is 36.4 Å². The number of hydrogen-bond donors (Lipinski definition) is 1. The minimum atomic E-state index is -3.57. The number of aromatic nitrogens is 1. The lowest BCUT2D eigenvalue weighted by atomic mass is 10.2. The number of anilines is 1. The number of methoxy groups -OCH3 is 1. The number of aliphatic hydroxyl groups excluding tert-OH is 1. The Morgan fingerprint density at radius 2 is 1.47 bits per heavy atom. The predicted octanol–water partition coefficient (Wildman–Crippen LogP) is 3.63. The number of hydrogen-bond acceptors (Lipinski definition) is 4. The van der Waals surface area contributed by atoms with Gasteiger partial charge < -0.3 is 14.4 Å². The lowest BCUT2D eigenvalue weighted by molar-refractivity contribution is 0.166. The summed E-state index contributed by atoms with van der Waals surface area (Å²) in [7, 11) is -2.02. The lowest BCUT2D eigenvalue weighted by Crippen LogP contribution is -2.38.